The van der Waals surface area contributed by atoms with E-state index in [0.29, 0.717) is 12.2 Å². The van der Waals surface area contributed by atoms with Crippen LogP contribution >= 0.6 is 0 Å². The number of nitrogens with one attached hydrogen (secondary N) is 1. The Kier molecular flexibility index (Phi) is 4.92. The number of benzene rings is 1. The summed E-state index contributed by atoms with van der Waals surface area (Å²) in [5.74, 6) is 0.208. The molecule has 1 aliphatic heterocycles. The van der Waals surface area contributed by atoms with E-state index in [4.69, 9.17) is 0 Å². The zero-order chi connectivity index (χ0) is 17.8. The number of carbonyl (C=O) groups is 2. The van der Waals surface area contributed by atoms with Crippen molar-refractivity contribution in [2.75, 3.05) is 23.9 Å². The van der Waals surface area contributed by atoms with Gasteiger partial charge in [0.05, 0.1) is 13.2 Å². The molecule has 1 aromatic heterocycles. The standard InChI is InChI=1S/C18H20N4O3/c1-12(19-16-9-8-15(20-21-16)18(24)25-2)13-5-3-6-14(11-13)22-10-4-7-17(22)23/h3,5-6,8-9,11-12H,4,7,10H2,1-2H3,(H,19,21). The zero-order valence-electron chi connectivity index (χ0n) is 14.2. The normalized spacial score (nSPS) is 15.1. The van der Waals surface area contributed by atoms with Crippen LogP contribution in [0, 0.1) is 0 Å². The van der Waals surface area contributed by atoms with Crippen molar-refractivity contribution < 1.29 is 14.3 Å². The van der Waals surface area contributed by atoms with Gasteiger partial charge in [-0.15, -0.1) is 10.2 Å². The lowest BCUT2D eigenvalue weighted by atomic mass is 10.1. The van der Waals surface area contributed by atoms with E-state index >= 15 is 0 Å². The molecule has 1 atom stereocenters. The van der Waals surface area contributed by atoms with Crippen LogP contribution in [0.15, 0.2) is 36.4 Å². The van der Waals surface area contributed by atoms with Gasteiger partial charge in [-0.3, -0.25) is 4.79 Å². The summed E-state index contributed by atoms with van der Waals surface area (Å²) in [6, 6.07) is 11.1. The van der Waals surface area contributed by atoms with E-state index in [1.807, 2.05) is 36.1 Å². The molecule has 1 saturated heterocycles. The summed E-state index contributed by atoms with van der Waals surface area (Å²) in [6.45, 7) is 2.77. The van der Waals surface area contributed by atoms with Crippen LogP contribution in [0.5, 0.6) is 0 Å². The molecule has 7 nitrogen and oxygen atoms in total. The number of methoxy groups -OCH3 is 1. The SMILES string of the molecule is COC(=O)c1ccc(NC(C)c2cccc(N3CCCC3=O)c2)nn1. The minimum absolute atomic E-state index is 0.0315. The molecule has 7 heteroatoms. The van der Waals surface area contributed by atoms with E-state index in [-0.39, 0.29) is 17.6 Å². The number of amides is 1. The van der Waals surface area contributed by atoms with Crippen LogP contribution < -0.4 is 10.2 Å². The summed E-state index contributed by atoms with van der Waals surface area (Å²) < 4.78 is 4.60. The van der Waals surface area contributed by atoms with Crippen LogP contribution in [0.3, 0.4) is 0 Å². The second kappa shape index (κ2) is 7.29. The van der Waals surface area contributed by atoms with E-state index < -0.39 is 5.97 Å². The Morgan fingerprint density at radius 2 is 2.12 bits per heavy atom. The molecule has 0 spiro atoms. The van der Waals surface area contributed by atoms with E-state index in [1.54, 1.807) is 12.1 Å². The molecule has 1 aromatic carbocycles. The van der Waals surface area contributed by atoms with Gasteiger partial charge < -0.3 is 15.0 Å². The maximum absolute atomic E-state index is 11.9. The molecular formula is C18H20N4O3. The third kappa shape index (κ3) is 3.76. The van der Waals surface area contributed by atoms with Crippen LogP contribution in [0.25, 0.3) is 0 Å². The Hall–Kier alpha value is -2.96. The Bertz CT molecular complexity index is 776. The molecule has 1 amide bonds. The Morgan fingerprint density at radius 1 is 1.28 bits per heavy atom. The molecule has 0 bridgehead atoms. The first-order valence-corrected chi connectivity index (χ1v) is 8.17. The first-order chi connectivity index (χ1) is 12.1. The van der Waals surface area contributed by atoms with Gasteiger partial charge in [0.2, 0.25) is 5.91 Å². The number of anilines is 2. The molecule has 2 aromatic rings. The van der Waals surface area contributed by atoms with Crippen LogP contribution in [0.2, 0.25) is 0 Å². The van der Waals surface area contributed by atoms with Crippen LogP contribution in [0.1, 0.15) is 41.9 Å². The summed E-state index contributed by atoms with van der Waals surface area (Å²) in [6.07, 6.45) is 1.51. The van der Waals surface area contributed by atoms with E-state index in [1.165, 1.54) is 7.11 Å². The minimum atomic E-state index is -0.518. The predicted octanol–water partition coefficient (Wildman–Crippen LogP) is 2.56. The van der Waals surface area contributed by atoms with Gasteiger partial charge >= 0.3 is 5.97 Å². The maximum atomic E-state index is 11.9. The molecule has 0 aliphatic carbocycles. The fourth-order valence-electron chi connectivity index (χ4n) is 2.81. The fourth-order valence-corrected chi connectivity index (χ4v) is 2.81. The van der Waals surface area contributed by atoms with Gasteiger partial charge in [0, 0.05) is 18.7 Å². The average Bonchev–Trinajstić information content (AvgIpc) is 3.07. The Balaban J connectivity index is 1.71. The van der Waals surface area contributed by atoms with Crippen LogP contribution in [-0.2, 0) is 9.53 Å². The van der Waals surface area contributed by atoms with Crippen molar-refractivity contribution in [2.45, 2.75) is 25.8 Å². The highest BCUT2D eigenvalue weighted by Crippen LogP contribution is 2.26. The molecule has 130 valence electrons. The fraction of sp³-hybridized carbons (Fsp3) is 0.333. The van der Waals surface area contributed by atoms with Crippen molar-refractivity contribution in [3.05, 3.63) is 47.7 Å². The topological polar surface area (TPSA) is 84.4 Å². The summed E-state index contributed by atoms with van der Waals surface area (Å²) in [7, 11) is 1.30. The second-order valence-corrected chi connectivity index (χ2v) is 5.91. The molecule has 25 heavy (non-hydrogen) atoms. The molecular weight excluding hydrogens is 320 g/mol. The van der Waals surface area contributed by atoms with Crippen LogP contribution in [-0.4, -0.2) is 35.7 Å². The van der Waals surface area contributed by atoms with Crippen molar-refractivity contribution in [3.63, 3.8) is 0 Å². The number of esters is 1. The highest BCUT2D eigenvalue weighted by molar-refractivity contribution is 5.95. The van der Waals surface area contributed by atoms with E-state index in [9.17, 15) is 9.59 Å². The van der Waals surface area contributed by atoms with Crippen molar-refractivity contribution in [1.82, 2.24) is 10.2 Å². The van der Waals surface area contributed by atoms with Gasteiger partial charge in [-0.05, 0) is 43.2 Å². The predicted molar refractivity (Wildman–Crippen MR) is 93.4 cm³/mol. The van der Waals surface area contributed by atoms with Crippen molar-refractivity contribution in [2.24, 2.45) is 0 Å². The molecule has 3 rings (SSSR count). The van der Waals surface area contributed by atoms with Gasteiger partial charge in [-0.1, -0.05) is 12.1 Å². The second-order valence-electron chi connectivity index (χ2n) is 5.91. The Morgan fingerprint density at radius 3 is 2.76 bits per heavy atom. The highest BCUT2D eigenvalue weighted by Gasteiger charge is 2.22. The van der Waals surface area contributed by atoms with Gasteiger partial charge in [-0.2, -0.15) is 0 Å². The third-order valence-corrected chi connectivity index (χ3v) is 4.18. The molecule has 1 N–H and O–H groups in total. The minimum Gasteiger partial charge on any atom is -0.464 e. The molecule has 1 unspecified atom stereocenters. The molecule has 2 heterocycles. The third-order valence-electron chi connectivity index (χ3n) is 4.18. The summed E-state index contributed by atoms with van der Waals surface area (Å²) in [4.78, 5) is 25.1. The smallest absolute Gasteiger partial charge is 0.358 e. The quantitative estimate of drug-likeness (QED) is 0.842. The summed E-state index contributed by atoms with van der Waals surface area (Å²) in [5.41, 5.74) is 2.12. The molecule has 0 radical (unpaired) electrons. The number of aromatic nitrogens is 2. The van der Waals surface area contributed by atoms with Crippen molar-refractivity contribution >= 4 is 23.4 Å². The monoisotopic (exact) mass is 340 g/mol. The first kappa shape index (κ1) is 16.9. The molecule has 1 fully saturated rings. The number of hydrogen-bond donors (Lipinski definition) is 1. The largest absolute Gasteiger partial charge is 0.464 e. The summed E-state index contributed by atoms with van der Waals surface area (Å²) in [5, 5.41) is 11.1. The van der Waals surface area contributed by atoms with Gasteiger partial charge in [0.1, 0.15) is 5.82 Å². The van der Waals surface area contributed by atoms with E-state index in [2.05, 4.69) is 20.3 Å². The lowest BCUT2D eigenvalue weighted by Gasteiger charge is -2.19. The zero-order valence-corrected chi connectivity index (χ0v) is 14.2. The number of hydrogen-bond acceptors (Lipinski definition) is 6. The highest BCUT2D eigenvalue weighted by atomic mass is 16.5. The first-order valence-electron chi connectivity index (χ1n) is 8.17. The van der Waals surface area contributed by atoms with Gasteiger partial charge in [0.15, 0.2) is 5.69 Å². The summed E-state index contributed by atoms with van der Waals surface area (Å²) >= 11 is 0. The number of ether oxygens (including phenoxy) is 1. The van der Waals surface area contributed by atoms with E-state index in [0.717, 1.165) is 24.2 Å². The average molecular weight is 340 g/mol. The lowest BCUT2D eigenvalue weighted by Crippen LogP contribution is -2.23. The van der Waals surface area contributed by atoms with Crippen molar-refractivity contribution in [3.8, 4) is 0 Å². The number of nitrogens with zero attached hydrogens (tertiary/aromatic N) is 3. The number of carbonyl (C=O) groups excluding carboxylic acids is 2. The van der Waals surface area contributed by atoms with Gasteiger partial charge in [0.25, 0.3) is 0 Å². The molecule has 0 saturated carbocycles. The maximum Gasteiger partial charge on any atom is 0.358 e. The van der Waals surface area contributed by atoms with Crippen molar-refractivity contribution in [1.29, 1.82) is 0 Å². The van der Waals surface area contributed by atoms with Crippen LogP contribution in [0.4, 0.5) is 11.5 Å². The molecule has 1 aliphatic rings. The van der Waals surface area contributed by atoms with Gasteiger partial charge in [-0.25, -0.2) is 4.79 Å². The lowest BCUT2D eigenvalue weighted by molar-refractivity contribution is -0.117. The number of rotatable bonds is 5. The Labute approximate surface area is 146 Å².